The molecule has 2 aromatic heterocycles. The number of allylic oxidation sites excluding steroid dienone is 1. The van der Waals surface area contributed by atoms with E-state index in [1.54, 1.807) is 7.11 Å². The molecule has 0 unspecified atom stereocenters. The van der Waals surface area contributed by atoms with Crippen molar-refractivity contribution in [2.45, 2.75) is 112 Å². The number of rotatable bonds is 13. The summed E-state index contributed by atoms with van der Waals surface area (Å²) >= 11 is 0. The molecule has 0 amide bonds. The lowest BCUT2D eigenvalue weighted by Crippen LogP contribution is -2.15. The smallest absolute Gasteiger partial charge is 0.142 e. The molecule has 1 aliphatic carbocycles. The Kier molecular flexibility index (Phi) is 15.0. The molecular formula is C38H55N5O2. The second-order valence-electron chi connectivity index (χ2n) is 11.9. The number of terminal acetylenes is 1. The highest BCUT2D eigenvalue weighted by molar-refractivity contribution is 5.97. The van der Waals surface area contributed by atoms with Gasteiger partial charge in [-0.15, -0.1) is 12.3 Å². The van der Waals surface area contributed by atoms with E-state index in [2.05, 4.69) is 90.7 Å². The highest BCUT2D eigenvalue weighted by Gasteiger charge is 2.25. The van der Waals surface area contributed by atoms with Gasteiger partial charge in [0.05, 0.1) is 31.3 Å². The minimum absolute atomic E-state index is 0.433. The fourth-order valence-electron chi connectivity index (χ4n) is 5.57. The van der Waals surface area contributed by atoms with Crippen LogP contribution in [0.15, 0.2) is 47.2 Å². The van der Waals surface area contributed by atoms with Gasteiger partial charge in [0, 0.05) is 42.9 Å². The maximum atomic E-state index is 5.63. The van der Waals surface area contributed by atoms with Crippen molar-refractivity contribution in [1.82, 2.24) is 14.3 Å². The van der Waals surface area contributed by atoms with Gasteiger partial charge in [0.15, 0.2) is 0 Å². The summed E-state index contributed by atoms with van der Waals surface area (Å²) in [5.74, 6) is 5.19. The van der Waals surface area contributed by atoms with Crippen molar-refractivity contribution in [2.24, 2.45) is 4.99 Å². The molecule has 4 rings (SSSR count). The number of methoxy groups -OCH3 is 1. The van der Waals surface area contributed by atoms with Crippen molar-refractivity contribution in [3.8, 4) is 29.4 Å². The predicted molar refractivity (Wildman–Crippen MR) is 191 cm³/mol. The number of hydrogen-bond acceptors (Lipinski definition) is 4. The number of aryl methyl sites for hydroxylation is 2. The van der Waals surface area contributed by atoms with Crippen molar-refractivity contribution in [1.29, 1.82) is 0 Å². The Bertz CT molecular complexity index is 1430. The highest BCUT2D eigenvalue weighted by Crippen LogP contribution is 2.41. The van der Waals surface area contributed by atoms with Crippen LogP contribution in [0.2, 0.25) is 0 Å². The molecule has 1 aromatic carbocycles. The van der Waals surface area contributed by atoms with Gasteiger partial charge in [-0.3, -0.25) is 4.68 Å². The normalized spacial score (nSPS) is 14.1. The summed E-state index contributed by atoms with van der Waals surface area (Å²) in [5, 5.41) is 8.16. The number of aliphatic imine (C=N–C) groups is 1. The van der Waals surface area contributed by atoms with Gasteiger partial charge in [-0.25, -0.2) is 4.99 Å². The van der Waals surface area contributed by atoms with E-state index in [1.165, 1.54) is 54.5 Å². The summed E-state index contributed by atoms with van der Waals surface area (Å²) in [4.78, 5) is 5.25. The zero-order valence-corrected chi connectivity index (χ0v) is 28.8. The van der Waals surface area contributed by atoms with Gasteiger partial charge in [-0.05, 0) is 76.6 Å². The molecule has 0 atom stereocenters. The number of benzene rings is 1. The van der Waals surface area contributed by atoms with Crippen molar-refractivity contribution >= 4 is 23.4 Å². The van der Waals surface area contributed by atoms with Crippen LogP contribution in [-0.4, -0.2) is 40.5 Å². The summed E-state index contributed by atoms with van der Waals surface area (Å²) in [5.41, 5.74) is 6.97. The summed E-state index contributed by atoms with van der Waals surface area (Å²) in [6.07, 6.45) is 21.6. The largest absolute Gasteiger partial charge is 0.495 e. The van der Waals surface area contributed by atoms with Crippen LogP contribution in [0.25, 0.3) is 17.3 Å². The number of anilines is 1. The third-order valence-electron chi connectivity index (χ3n) is 8.00. The lowest BCUT2D eigenvalue weighted by atomic mass is 9.95. The SMILES string of the molecule is C#CCCOCCC.CCCn1cc(-c2cc(C=C(C)CC)c(/N=C(\C)Nc3ccc(C)cc3OC)n2C2CCCCC2)cn1. The first-order chi connectivity index (χ1) is 21.8. The van der Waals surface area contributed by atoms with Gasteiger partial charge in [0.1, 0.15) is 17.4 Å². The van der Waals surface area contributed by atoms with E-state index in [0.717, 1.165) is 67.5 Å². The molecule has 45 heavy (non-hydrogen) atoms. The molecule has 0 aliphatic heterocycles. The monoisotopic (exact) mass is 613 g/mol. The maximum Gasteiger partial charge on any atom is 0.142 e. The van der Waals surface area contributed by atoms with Crippen LogP contribution in [-0.2, 0) is 11.3 Å². The average Bonchev–Trinajstić information content (AvgIpc) is 3.65. The van der Waals surface area contributed by atoms with E-state index in [9.17, 15) is 0 Å². The van der Waals surface area contributed by atoms with Gasteiger partial charge in [-0.2, -0.15) is 5.10 Å². The minimum atomic E-state index is 0.433. The van der Waals surface area contributed by atoms with Crippen molar-refractivity contribution in [3.05, 3.63) is 53.4 Å². The first-order valence-electron chi connectivity index (χ1n) is 16.8. The molecule has 0 bridgehead atoms. The molecule has 2 heterocycles. The van der Waals surface area contributed by atoms with E-state index in [1.807, 2.05) is 19.2 Å². The molecule has 3 aromatic rings. The maximum absolute atomic E-state index is 5.63. The molecule has 244 valence electrons. The van der Waals surface area contributed by atoms with Gasteiger partial charge in [-0.1, -0.05) is 57.7 Å². The highest BCUT2D eigenvalue weighted by atomic mass is 16.5. The summed E-state index contributed by atoms with van der Waals surface area (Å²) in [7, 11) is 1.71. The third-order valence-corrected chi connectivity index (χ3v) is 8.00. The first-order valence-corrected chi connectivity index (χ1v) is 16.8. The Hall–Kier alpha value is -3.76. The standard InChI is InChI=1S/C31H43N5O.C7H12O/c1-7-16-35-21-26(20-32-35)29-19-25(17-22(3)8-2)31(36(29)27-12-10-9-11-13-27)34-24(5)33-28-15-14-23(4)18-30(28)37-6;1-3-5-7-8-6-4-2/h14-15,17-21,27H,7-13,16H2,1-6H3,(H,33,34);1H,4-7H2,2H3. The fraction of sp³-hybridized carbons (Fsp3) is 0.526. The quantitative estimate of drug-likeness (QED) is 0.0902. The second kappa shape index (κ2) is 18.9. The van der Waals surface area contributed by atoms with E-state index in [4.69, 9.17) is 20.9 Å². The molecule has 1 fully saturated rings. The van der Waals surface area contributed by atoms with Gasteiger partial charge in [0.2, 0.25) is 0 Å². The van der Waals surface area contributed by atoms with Crippen LogP contribution in [0.3, 0.4) is 0 Å². The van der Waals surface area contributed by atoms with E-state index in [0.29, 0.717) is 12.6 Å². The first kappa shape index (κ1) is 35.7. The molecule has 0 saturated heterocycles. The average molecular weight is 614 g/mol. The van der Waals surface area contributed by atoms with Gasteiger partial charge < -0.3 is 19.4 Å². The fourth-order valence-corrected chi connectivity index (χ4v) is 5.57. The number of nitrogens with one attached hydrogen (secondary N) is 1. The predicted octanol–water partition coefficient (Wildman–Crippen LogP) is 10.00. The van der Waals surface area contributed by atoms with E-state index < -0.39 is 0 Å². The second-order valence-corrected chi connectivity index (χ2v) is 11.9. The molecule has 1 saturated carbocycles. The van der Waals surface area contributed by atoms with Crippen LogP contribution < -0.4 is 10.1 Å². The van der Waals surface area contributed by atoms with E-state index in [-0.39, 0.29) is 0 Å². The van der Waals surface area contributed by atoms with Crippen LogP contribution in [0.4, 0.5) is 11.5 Å². The molecule has 0 spiro atoms. The molecule has 7 nitrogen and oxygen atoms in total. The van der Waals surface area contributed by atoms with Crippen LogP contribution in [0.5, 0.6) is 5.75 Å². The van der Waals surface area contributed by atoms with Gasteiger partial charge >= 0.3 is 0 Å². The Morgan fingerprint density at radius 3 is 2.56 bits per heavy atom. The molecule has 1 N–H and O–H groups in total. The van der Waals surface area contributed by atoms with Crippen LogP contribution >= 0.6 is 0 Å². The molecule has 1 aliphatic rings. The van der Waals surface area contributed by atoms with Crippen LogP contribution in [0.1, 0.15) is 110 Å². The summed E-state index contributed by atoms with van der Waals surface area (Å²) in [6.45, 7) is 15.3. The number of amidine groups is 1. The summed E-state index contributed by atoms with van der Waals surface area (Å²) in [6, 6.07) is 8.95. The lowest BCUT2D eigenvalue weighted by Gasteiger charge is -2.27. The molecule has 0 radical (unpaired) electrons. The third kappa shape index (κ3) is 10.7. The van der Waals surface area contributed by atoms with Crippen LogP contribution in [0, 0.1) is 19.3 Å². The Labute approximate surface area is 272 Å². The van der Waals surface area contributed by atoms with Gasteiger partial charge in [0.25, 0.3) is 0 Å². The minimum Gasteiger partial charge on any atom is -0.495 e. The number of hydrogen-bond donors (Lipinski definition) is 1. The number of ether oxygens (including phenoxy) is 2. The topological polar surface area (TPSA) is 65.6 Å². The Balaban J connectivity index is 0.000000610. The Morgan fingerprint density at radius 1 is 1.11 bits per heavy atom. The zero-order valence-electron chi connectivity index (χ0n) is 28.8. The Morgan fingerprint density at radius 2 is 1.89 bits per heavy atom. The van der Waals surface area contributed by atoms with Crippen molar-refractivity contribution in [2.75, 3.05) is 25.6 Å². The number of aromatic nitrogens is 3. The summed E-state index contributed by atoms with van der Waals surface area (Å²) < 4.78 is 15.3. The van der Waals surface area contributed by atoms with E-state index >= 15 is 0 Å². The lowest BCUT2D eigenvalue weighted by molar-refractivity contribution is 0.140. The molecular weight excluding hydrogens is 558 g/mol. The molecule has 7 heteroatoms. The number of nitrogens with zero attached hydrogens (tertiary/aromatic N) is 4. The zero-order chi connectivity index (χ0) is 32.6. The van der Waals surface area contributed by atoms with Crippen molar-refractivity contribution in [3.63, 3.8) is 0 Å². The van der Waals surface area contributed by atoms with Crippen molar-refractivity contribution < 1.29 is 9.47 Å².